The minimum Gasteiger partial charge on any atom is -0.346 e. The molecule has 4 heteroatoms. The summed E-state index contributed by atoms with van der Waals surface area (Å²) in [5.74, 6) is 0.372. The summed E-state index contributed by atoms with van der Waals surface area (Å²) >= 11 is 5.36. The molecule has 1 rings (SSSR count). The van der Waals surface area contributed by atoms with E-state index >= 15 is 0 Å². The predicted octanol–water partition coefficient (Wildman–Crippen LogP) is -0.0835. The average molecular weight is 139 g/mol. The third-order valence-corrected chi connectivity index (χ3v) is 1.25. The Hall–Kier alpha value is 0.170. The van der Waals surface area contributed by atoms with Gasteiger partial charge in [0.1, 0.15) is 6.10 Å². The van der Waals surface area contributed by atoms with Crippen molar-refractivity contribution in [2.75, 3.05) is 12.5 Å². The Morgan fingerprint density at radius 2 is 2.50 bits per heavy atom. The van der Waals surface area contributed by atoms with Crippen LogP contribution in [0.3, 0.4) is 0 Å². The summed E-state index contributed by atoms with van der Waals surface area (Å²) in [6, 6.07) is 0. The van der Waals surface area contributed by atoms with Crippen molar-refractivity contribution in [2.24, 2.45) is 0 Å². The maximum absolute atomic E-state index is 8.53. The average Bonchev–Trinajstić information content (AvgIpc) is 2.14. The highest BCUT2D eigenvalue weighted by atomic mass is 35.5. The van der Waals surface area contributed by atoms with Crippen molar-refractivity contribution in [1.82, 2.24) is 0 Å². The zero-order chi connectivity index (χ0) is 5.98. The third-order valence-electron chi connectivity index (χ3n) is 0.906. The lowest BCUT2D eigenvalue weighted by molar-refractivity contribution is -0.202. The standard InChI is InChI=1S/C4H7ClO3/c5-1-3-2-7-4(6)8-3/h3-4,6H,1-2H2. The highest BCUT2D eigenvalue weighted by molar-refractivity contribution is 6.18. The molecule has 0 amide bonds. The first-order valence-electron chi connectivity index (χ1n) is 2.34. The van der Waals surface area contributed by atoms with Crippen LogP contribution in [-0.2, 0) is 9.47 Å². The molecule has 1 aliphatic rings. The molecule has 2 unspecified atom stereocenters. The lowest BCUT2D eigenvalue weighted by Gasteiger charge is -2.00. The van der Waals surface area contributed by atoms with Crippen LogP contribution < -0.4 is 0 Å². The highest BCUT2D eigenvalue weighted by Crippen LogP contribution is 2.09. The molecule has 0 aromatic heterocycles. The molecular formula is C4H7ClO3. The molecular weight excluding hydrogens is 131 g/mol. The van der Waals surface area contributed by atoms with Crippen LogP contribution in [0.4, 0.5) is 0 Å². The molecule has 0 aromatic carbocycles. The fourth-order valence-electron chi connectivity index (χ4n) is 0.514. The topological polar surface area (TPSA) is 38.7 Å². The van der Waals surface area contributed by atoms with Crippen LogP contribution >= 0.6 is 11.6 Å². The number of alkyl halides is 1. The van der Waals surface area contributed by atoms with E-state index in [-0.39, 0.29) is 6.10 Å². The molecule has 0 radical (unpaired) electrons. The van der Waals surface area contributed by atoms with Crippen LogP contribution in [0.2, 0.25) is 0 Å². The molecule has 0 aromatic rings. The smallest absolute Gasteiger partial charge is 0.269 e. The van der Waals surface area contributed by atoms with Gasteiger partial charge in [0.2, 0.25) is 0 Å². The van der Waals surface area contributed by atoms with Crippen molar-refractivity contribution >= 4 is 11.6 Å². The molecule has 2 atom stereocenters. The first-order chi connectivity index (χ1) is 3.83. The van der Waals surface area contributed by atoms with Crippen molar-refractivity contribution in [3.63, 3.8) is 0 Å². The Balaban J connectivity index is 2.22. The molecule has 0 bridgehead atoms. The SMILES string of the molecule is OC1OCC(CCl)O1. The minimum absolute atomic E-state index is 0.133. The van der Waals surface area contributed by atoms with Crippen molar-refractivity contribution in [3.05, 3.63) is 0 Å². The Labute approximate surface area is 52.2 Å². The Morgan fingerprint density at radius 1 is 1.75 bits per heavy atom. The maximum Gasteiger partial charge on any atom is 0.269 e. The number of hydrogen-bond donors (Lipinski definition) is 1. The summed E-state index contributed by atoms with van der Waals surface area (Å²) in [7, 11) is 0. The molecule has 1 heterocycles. The lowest BCUT2D eigenvalue weighted by Crippen LogP contribution is -2.12. The number of hydrogen-bond acceptors (Lipinski definition) is 3. The Bertz CT molecular complexity index is 77.7. The number of rotatable bonds is 1. The van der Waals surface area contributed by atoms with Gasteiger partial charge < -0.3 is 14.6 Å². The van der Waals surface area contributed by atoms with Crippen LogP contribution in [0.5, 0.6) is 0 Å². The van der Waals surface area contributed by atoms with Gasteiger partial charge in [-0.2, -0.15) is 0 Å². The number of halogens is 1. The fourth-order valence-corrected chi connectivity index (χ4v) is 0.676. The van der Waals surface area contributed by atoms with E-state index in [1.54, 1.807) is 0 Å². The van der Waals surface area contributed by atoms with Gasteiger partial charge >= 0.3 is 0 Å². The van der Waals surface area contributed by atoms with Crippen LogP contribution in [-0.4, -0.2) is 30.2 Å². The summed E-state index contributed by atoms with van der Waals surface area (Å²) in [4.78, 5) is 0. The van der Waals surface area contributed by atoms with Crippen molar-refractivity contribution in [2.45, 2.75) is 12.6 Å². The molecule has 1 N–H and O–H groups in total. The van der Waals surface area contributed by atoms with Gasteiger partial charge in [-0.25, -0.2) is 0 Å². The first-order valence-corrected chi connectivity index (χ1v) is 2.87. The van der Waals surface area contributed by atoms with Gasteiger partial charge in [0.15, 0.2) is 0 Å². The lowest BCUT2D eigenvalue weighted by atomic mass is 10.4. The summed E-state index contributed by atoms with van der Waals surface area (Å²) in [6.45, 7) is -0.663. The summed E-state index contributed by atoms with van der Waals surface area (Å²) in [6.07, 6.45) is -0.133. The Kier molecular flexibility index (Phi) is 2.08. The number of aliphatic hydroxyl groups is 1. The van der Waals surface area contributed by atoms with E-state index in [1.165, 1.54) is 0 Å². The van der Waals surface area contributed by atoms with Crippen LogP contribution in [0.15, 0.2) is 0 Å². The second kappa shape index (κ2) is 2.64. The van der Waals surface area contributed by atoms with Gasteiger partial charge in [-0.1, -0.05) is 0 Å². The normalized spacial score (nSPS) is 38.2. The van der Waals surface area contributed by atoms with Gasteiger partial charge in [0.25, 0.3) is 6.48 Å². The molecule has 1 fully saturated rings. The highest BCUT2D eigenvalue weighted by Gasteiger charge is 2.22. The van der Waals surface area contributed by atoms with Gasteiger partial charge in [0.05, 0.1) is 12.5 Å². The van der Waals surface area contributed by atoms with Gasteiger partial charge in [0, 0.05) is 0 Å². The van der Waals surface area contributed by atoms with Crippen LogP contribution in [0.25, 0.3) is 0 Å². The van der Waals surface area contributed by atoms with E-state index in [0.717, 1.165) is 0 Å². The van der Waals surface area contributed by atoms with E-state index < -0.39 is 6.48 Å². The molecule has 0 spiro atoms. The van der Waals surface area contributed by atoms with Crippen LogP contribution in [0, 0.1) is 0 Å². The molecule has 0 saturated carbocycles. The second-order valence-corrected chi connectivity index (χ2v) is 1.86. The Morgan fingerprint density at radius 3 is 2.75 bits per heavy atom. The van der Waals surface area contributed by atoms with Crippen molar-refractivity contribution in [1.29, 1.82) is 0 Å². The van der Waals surface area contributed by atoms with Gasteiger partial charge in [-0.05, 0) is 0 Å². The van der Waals surface area contributed by atoms with Crippen molar-refractivity contribution in [3.8, 4) is 0 Å². The van der Waals surface area contributed by atoms with E-state index in [2.05, 4.69) is 4.74 Å². The second-order valence-electron chi connectivity index (χ2n) is 1.55. The van der Waals surface area contributed by atoms with E-state index in [1.807, 2.05) is 0 Å². The largest absolute Gasteiger partial charge is 0.346 e. The molecule has 3 nitrogen and oxygen atoms in total. The van der Waals surface area contributed by atoms with Crippen molar-refractivity contribution < 1.29 is 14.6 Å². The summed E-state index contributed by atoms with van der Waals surface area (Å²) < 4.78 is 9.32. The monoisotopic (exact) mass is 138 g/mol. The number of aliphatic hydroxyl groups excluding tert-OH is 1. The van der Waals surface area contributed by atoms with E-state index in [0.29, 0.717) is 12.5 Å². The molecule has 1 aliphatic heterocycles. The maximum atomic E-state index is 8.53. The molecule has 48 valence electrons. The first kappa shape index (κ1) is 6.29. The summed E-state index contributed by atoms with van der Waals surface area (Å²) in [5, 5.41) is 8.53. The van der Waals surface area contributed by atoms with Crippen LogP contribution in [0.1, 0.15) is 0 Å². The van der Waals surface area contributed by atoms with E-state index in [9.17, 15) is 0 Å². The van der Waals surface area contributed by atoms with Gasteiger partial charge in [-0.3, -0.25) is 0 Å². The third kappa shape index (κ3) is 1.32. The molecule has 1 saturated heterocycles. The molecule has 0 aliphatic carbocycles. The van der Waals surface area contributed by atoms with Gasteiger partial charge in [-0.15, -0.1) is 11.6 Å². The quantitative estimate of drug-likeness (QED) is 0.515. The fraction of sp³-hybridized carbons (Fsp3) is 1.00. The van der Waals surface area contributed by atoms with E-state index in [4.69, 9.17) is 21.4 Å². The zero-order valence-electron chi connectivity index (χ0n) is 4.21. The minimum atomic E-state index is -1.06. The zero-order valence-corrected chi connectivity index (χ0v) is 4.97. The summed E-state index contributed by atoms with van der Waals surface area (Å²) in [5.41, 5.74) is 0. The molecule has 8 heavy (non-hydrogen) atoms. The predicted molar refractivity (Wildman–Crippen MR) is 27.6 cm³/mol. The number of ether oxygens (including phenoxy) is 2.